The molecule has 0 atom stereocenters. The molecule has 1 aromatic carbocycles. The second-order valence-corrected chi connectivity index (χ2v) is 9.13. The molecule has 4 rings (SSSR count). The largest absolute Gasteiger partial charge is 0.383 e. The molecule has 3 heterocycles. The first-order valence-electron chi connectivity index (χ1n) is 12.0. The van der Waals surface area contributed by atoms with E-state index in [1.165, 1.54) is 4.90 Å². The summed E-state index contributed by atoms with van der Waals surface area (Å²) in [5.74, 6) is 0.314. The molecular formula is C26H34N8O2. The molecule has 0 bridgehead atoms. The summed E-state index contributed by atoms with van der Waals surface area (Å²) in [4.78, 5) is 26.6. The SMILES string of the molecule is CCN(CCOC)c1ccc(N=C2C(C(=O)N(C)C)=Nn3c2nc(-c2cc(C)n(C)n2)c3C)c(C)c1. The first-order chi connectivity index (χ1) is 17.2. The smallest absolute Gasteiger partial charge is 0.276 e. The van der Waals surface area contributed by atoms with Crippen molar-refractivity contribution in [3.05, 3.63) is 47.0 Å². The number of hydrogen-bond acceptors (Lipinski definition) is 7. The number of fused-ring (bicyclic) bond motifs is 1. The summed E-state index contributed by atoms with van der Waals surface area (Å²) in [6.45, 7) is 10.4. The van der Waals surface area contributed by atoms with E-state index in [-0.39, 0.29) is 11.6 Å². The van der Waals surface area contributed by atoms with Crippen molar-refractivity contribution in [3.63, 3.8) is 0 Å². The van der Waals surface area contributed by atoms with Crippen LogP contribution in [-0.4, -0.2) is 82.6 Å². The van der Waals surface area contributed by atoms with Gasteiger partial charge in [0.05, 0.1) is 18.0 Å². The van der Waals surface area contributed by atoms with Crippen molar-refractivity contribution in [1.82, 2.24) is 24.3 Å². The van der Waals surface area contributed by atoms with Crippen molar-refractivity contribution in [1.29, 1.82) is 0 Å². The highest BCUT2D eigenvalue weighted by molar-refractivity contribution is 6.70. The molecule has 36 heavy (non-hydrogen) atoms. The van der Waals surface area contributed by atoms with E-state index in [0.29, 0.717) is 18.1 Å². The third-order valence-electron chi connectivity index (χ3n) is 6.40. The zero-order chi connectivity index (χ0) is 26.1. The number of aromatic nitrogens is 4. The number of nitrogens with zero attached hydrogens (tertiary/aromatic N) is 8. The lowest BCUT2D eigenvalue weighted by molar-refractivity contribution is -0.121. The van der Waals surface area contributed by atoms with Gasteiger partial charge in [-0.2, -0.15) is 10.2 Å². The fourth-order valence-corrected chi connectivity index (χ4v) is 4.15. The maximum atomic E-state index is 13.0. The van der Waals surface area contributed by atoms with E-state index in [2.05, 4.69) is 28.1 Å². The van der Waals surface area contributed by atoms with E-state index < -0.39 is 0 Å². The van der Waals surface area contributed by atoms with Gasteiger partial charge >= 0.3 is 0 Å². The maximum Gasteiger partial charge on any atom is 0.276 e. The Morgan fingerprint density at radius 1 is 1.17 bits per heavy atom. The van der Waals surface area contributed by atoms with Gasteiger partial charge in [-0.3, -0.25) is 9.48 Å². The lowest BCUT2D eigenvalue weighted by Crippen LogP contribution is -2.34. The first kappa shape index (κ1) is 25.3. The number of carbonyl (C=O) groups is 1. The molecular weight excluding hydrogens is 456 g/mol. The summed E-state index contributed by atoms with van der Waals surface area (Å²) in [6.07, 6.45) is 0. The summed E-state index contributed by atoms with van der Waals surface area (Å²) in [6, 6.07) is 8.12. The van der Waals surface area contributed by atoms with Gasteiger partial charge in [0.2, 0.25) is 0 Å². The Morgan fingerprint density at radius 3 is 2.50 bits per heavy atom. The molecule has 0 aliphatic carbocycles. The number of ether oxygens (including phenoxy) is 1. The van der Waals surface area contributed by atoms with E-state index >= 15 is 0 Å². The van der Waals surface area contributed by atoms with E-state index in [4.69, 9.17) is 14.7 Å². The molecule has 3 aromatic rings. The van der Waals surface area contributed by atoms with Gasteiger partial charge in [0.25, 0.3) is 5.91 Å². The van der Waals surface area contributed by atoms with Gasteiger partial charge in [0, 0.05) is 52.7 Å². The molecule has 1 aliphatic heterocycles. The van der Waals surface area contributed by atoms with E-state index in [0.717, 1.165) is 52.8 Å². The Hall–Kier alpha value is -3.79. The highest BCUT2D eigenvalue weighted by Crippen LogP contribution is 2.30. The van der Waals surface area contributed by atoms with Crippen LogP contribution in [0.3, 0.4) is 0 Å². The van der Waals surface area contributed by atoms with Crippen LogP contribution in [0.25, 0.3) is 11.4 Å². The molecule has 10 nitrogen and oxygen atoms in total. The van der Waals surface area contributed by atoms with Crippen molar-refractivity contribution >= 4 is 28.7 Å². The highest BCUT2D eigenvalue weighted by atomic mass is 16.5. The van der Waals surface area contributed by atoms with Gasteiger partial charge in [0.15, 0.2) is 11.5 Å². The van der Waals surface area contributed by atoms with Gasteiger partial charge in [-0.15, -0.1) is 0 Å². The molecule has 0 unspecified atom stereocenters. The average Bonchev–Trinajstić information content (AvgIpc) is 3.48. The number of methoxy groups -OCH3 is 1. The number of hydrogen-bond donors (Lipinski definition) is 0. The van der Waals surface area contributed by atoms with Crippen LogP contribution in [0.4, 0.5) is 11.4 Å². The molecule has 2 aromatic heterocycles. The molecule has 0 spiro atoms. The van der Waals surface area contributed by atoms with Crippen LogP contribution in [0.5, 0.6) is 0 Å². The number of aliphatic imine (C=N–C) groups is 1. The summed E-state index contributed by atoms with van der Waals surface area (Å²) in [5, 5.41) is 9.22. The lowest BCUT2D eigenvalue weighted by atomic mass is 10.1. The minimum Gasteiger partial charge on any atom is -0.383 e. The summed E-state index contributed by atoms with van der Waals surface area (Å²) < 4.78 is 8.76. The first-order valence-corrected chi connectivity index (χ1v) is 12.0. The molecule has 0 fully saturated rings. The van der Waals surface area contributed by atoms with Crippen LogP contribution in [0.2, 0.25) is 0 Å². The molecule has 190 valence electrons. The molecule has 1 aliphatic rings. The number of carbonyl (C=O) groups excluding carboxylic acids is 1. The topological polar surface area (TPSA) is 93.1 Å². The van der Waals surface area contributed by atoms with Crippen LogP contribution in [-0.2, 0) is 16.6 Å². The van der Waals surface area contributed by atoms with E-state index in [1.54, 1.807) is 25.9 Å². The number of likely N-dealkylation sites (N-methyl/N-ethyl adjacent to an activating group) is 1. The Balaban J connectivity index is 1.80. The zero-order valence-corrected chi connectivity index (χ0v) is 22.3. The third-order valence-corrected chi connectivity index (χ3v) is 6.40. The second-order valence-electron chi connectivity index (χ2n) is 9.13. The number of amides is 1. The standard InChI is InChI=1S/C26H34N8O2/c1-9-33(12-13-36-8)19-10-11-20(16(2)14-19)27-23-24(26(35)31(5)6)30-34-18(4)22(28-25(23)34)21-15-17(3)32(7)29-21/h10-11,14-15H,9,12-13H2,1-8H3. The normalized spacial score (nSPS) is 13.8. The number of aryl methyl sites for hydroxylation is 3. The van der Waals surface area contributed by atoms with Crippen LogP contribution in [0, 0.1) is 20.8 Å². The minimum absolute atomic E-state index is 0.222. The van der Waals surface area contributed by atoms with Crippen molar-refractivity contribution < 1.29 is 9.53 Å². The van der Waals surface area contributed by atoms with E-state index in [1.807, 2.05) is 50.7 Å². The fraction of sp³-hybridized carbons (Fsp3) is 0.423. The van der Waals surface area contributed by atoms with Crippen molar-refractivity contribution in [2.75, 3.05) is 45.8 Å². The minimum atomic E-state index is -0.222. The predicted octanol–water partition coefficient (Wildman–Crippen LogP) is 3.11. The summed E-state index contributed by atoms with van der Waals surface area (Å²) in [5.41, 5.74) is 6.92. The molecule has 0 saturated carbocycles. The predicted molar refractivity (Wildman–Crippen MR) is 143 cm³/mol. The van der Waals surface area contributed by atoms with Crippen molar-refractivity contribution in [3.8, 4) is 11.4 Å². The number of benzene rings is 1. The highest BCUT2D eigenvalue weighted by Gasteiger charge is 2.34. The quantitative estimate of drug-likeness (QED) is 0.484. The molecule has 1 amide bonds. The Kier molecular flexibility index (Phi) is 7.07. The maximum absolute atomic E-state index is 13.0. The summed E-state index contributed by atoms with van der Waals surface area (Å²) >= 11 is 0. The Bertz CT molecular complexity index is 1340. The van der Waals surface area contributed by atoms with Crippen LogP contribution >= 0.6 is 0 Å². The number of anilines is 1. The van der Waals surface area contributed by atoms with Crippen LogP contribution in [0.1, 0.15) is 29.7 Å². The molecule has 0 saturated heterocycles. The molecule has 0 N–H and O–H groups in total. The Morgan fingerprint density at radius 2 is 1.92 bits per heavy atom. The van der Waals surface area contributed by atoms with Gasteiger partial charge in [-0.1, -0.05) is 0 Å². The van der Waals surface area contributed by atoms with Crippen LogP contribution < -0.4 is 4.90 Å². The second kappa shape index (κ2) is 10.1. The van der Waals surface area contributed by atoms with Gasteiger partial charge in [-0.05, 0) is 57.5 Å². The van der Waals surface area contributed by atoms with Crippen LogP contribution in [0.15, 0.2) is 34.4 Å². The molecule has 10 heteroatoms. The van der Waals surface area contributed by atoms with Gasteiger partial charge < -0.3 is 14.5 Å². The van der Waals surface area contributed by atoms with Crippen molar-refractivity contribution in [2.24, 2.45) is 17.1 Å². The number of imidazole rings is 1. The number of rotatable bonds is 8. The molecule has 0 radical (unpaired) electrons. The van der Waals surface area contributed by atoms with Gasteiger partial charge in [-0.25, -0.2) is 14.7 Å². The summed E-state index contributed by atoms with van der Waals surface area (Å²) in [7, 11) is 7.02. The fourth-order valence-electron chi connectivity index (χ4n) is 4.15. The Labute approximate surface area is 211 Å². The average molecular weight is 491 g/mol. The monoisotopic (exact) mass is 490 g/mol. The van der Waals surface area contributed by atoms with Crippen molar-refractivity contribution in [2.45, 2.75) is 27.7 Å². The third kappa shape index (κ3) is 4.56. The lowest BCUT2D eigenvalue weighted by Gasteiger charge is -2.23. The van der Waals surface area contributed by atoms with E-state index in [9.17, 15) is 4.79 Å². The zero-order valence-electron chi connectivity index (χ0n) is 22.3. The van der Waals surface area contributed by atoms with Gasteiger partial charge in [0.1, 0.15) is 17.1 Å².